The third-order valence-corrected chi connectivity index (χ3v) is 4.25. The van der Waals surface area contributed by atoms with Crippen LogP contribution in [0.15, 0.2) is 61.2 Å². The molecular formula is C18H16IN3O. The van der Waals surface area contributed by atoms with Crippen molar-refractivity contribution < 1.29 is 4.79 Å². The molecule has 0 aliphatic heterocycles. The van der Waals surface area contributed by atoms with E-state index in [1.54, 1.807) is 12.5 Å². The van der Waals surface area contributed by atoms with Crippen LogP contribution in [0.2, 0.25) is 0 Å². The normalized spacial score (nSPS) is 10.5. The number of halogens is 1. The van der Waals surface area contributed by atoms with Crippen LogP contribution in [0.1, 0.15) is 21.5 Å². The molecule has 23 heavy (non-hydrogen) atoms. The van der Waals surface area contributed by atoms with Gasteiger partial charge in [-0.25, -0.2) is 4.98 Å². The van der Waals surface area contributed by atoms with Gasteiger partial charge in [-0.15, -0.1) is 0 Å². The van der Waals surface area contributed by atoms with Gasteiger partial charge in [-0.1, -0.05) is 12.1 Å². The smallest absolute Gasteiger partial charge is 0.255 e. The van der Waals surface area contributed by atoms with Crippen LogP contribution in [0.3, 0.4) is 0 Å². The third kappa shape index (κ3) is 3.98. The molecule has 1 N–H and O–H groups in total. The van der Waals surface area contributed by atoms with Gasteiger partial charge >= 0.3 is 0 Å². The summed E-state index contributed by atoms with van der Waals surface area (Å²) in [6.45, 7) is 2.74. The van der Waals surface area contributed by atoms with Gasteiger partial charge in [0.1, 0.15) is 0 Å². The van der Waals surface area contributed by atoms with E-state index < -0.39 is 0 Å². The van der Waals surface area contributed by atoms with Crippen LogP contribution in [-0.4, -0.2) is 15.5 Å². The number of hydrogen-bond acceptors (Lipinski definition) is 2. The molecule has 1 aromatic heterocycles. The van der Waals surface area contributed by atoms with Crippen molar-refractivity contribution in [3.63, 3.8) is 0 Å². The fraction of sp³-hybridized carbons (Fsp3) is 0.111. The second kappa shape index (κ2) is 6.95. The number of nitrogens with zero attached hydrogens (tertiary/aromatic N) is 2. The van der Waals surface area contributed by atoms with E-state index in [2.05, 4.69) is 32.9 Å². The Morgan fingerprint density at radius 3 is 2.65 bits per heavy atom. The minimum absolute atomic E-state index is 0.0940. The van der Waals surface area contributed by atoms with E-state index in [0.717, 1.165) is 26.9 Å². The number of imidazole rings is 1. The number of amides is 1. The van der Waals surface area contributed by atoms with E-state index in [4.69, 9.17) is 0 Å². The molecule has 0 aliphatic rings. The van der Waals surface area contributed by atoms with Crippen LogP contribution in [-0.2, 0) is 6.54 Å². The summed E-state index contributed by atoms with van der Waals surface area (Å²) in [7, 11) is 0. The number of anilines is 1. The van der Waals surface area contributed by atoms with Gasteiger partial charge in [-0.05, 0) is 71.0 Å². The maximum absolute atomic E-state index is 12.4. The van der Waals surface area contributed by atoms with Crippen molar-refractivity contribution in [3.05, 3.63) is 81.4 Å². The lowest BCUT2D eigenvalue weighted by Gasteiger charge is -2.09. The van der Waals surface area contributed by atoms with Gasteiger partial charge < -0.3 is 9.88 Å². The number of aryl methyl sites for hydroxylation is 1. The molecule has 1 heterocycles. The molecule has 4 nitrogen and oxygen atoms in total. The molecule has 1 amide bonds. The van der Waals surface area contributed by atoms with Crippen LogP contribution in [0, 0.1) is 10.5 Å². The highest BCUT2D eigenvalue weighted by Crippen LogP contribution is 2.18. The Morgan fingerprint density at radius 2 is 2.00 bits per heavy atom. The monoisotopic (exact) mass is 417 g/mol. The molecule has 0 saturated carbocycles. The van der Waals surface area contributed by atoms with Gasteiger partial charge in [0.15, 0.2) is 0 Å². The zero-order valence-corrected chi connectivity index (χ0v) is 14.8. The fourth-order valence-electron chi connectivity index (χ4n) is 2.31. The summed E-state index contributed by atoms with van der Waals surface area (Å²) < 4.78 is 3.14. The molecule has 5 heteroatoms. The van der Waals surface area contributed by atoms with E-state index in [9.17, 15) is 4.79 Å². The highest BCUT2D eigenvalue weighted by atomic mass is 127. The SMILES string of the molecule is Cc1cc(I)ccc1NC(=O)c1ccc(Cn2ccnc2)cc1. The van der Waals surface area contributed by atoms with E-state index in [0.29, 0.717) is 5.56 Å². The van der Waals surface area contributed by atoms with Gasteiger partial charge in [0, 0.05) is 33.8 Å². The molecule has 0 fully saturated rings. The first kappa shape index (κ1) is 15.7. The minimum Gasteiger partial charge on any atom is -0.333 e. The average Bonchev–Trinajstić information content (AvgIpc) is 3.04. The second-order valence-electron chi connectivity index (χ2n) is 5.35. The first-order valence-electron chi connectivity index (χ1n) is 7.24. The first-order valence-corrected chi connectivity index (χ1v) is 8.32. The zero-order chi connectivity index (χ0) is 16.2. The molecule has 0 spiro atoms. The van der Waals surface area contributed by atoms with E-state index >= 15 is 0 Å². The number of rotatable bonds is 4. The number of carbonyl (C=O) groups excluding carboxylic acids is 1. The van der Waals surface area contributed by atoms with Crippen LogP contribution < -0.4 is 5.32 Å². The predicted octanol–water partition coefficient (Wildman–Crippen LogP) is 4.10. The number of benzene rings is 2. The quantitative estimate of drug-likeness (QED) is 0.650. The lowest BCUT2D eigenvalue weighted by molar-refractivity contribution is 0.102. The first-order chi connectivity index (χ1) is 11.1. The minimum atomic E-state index is -0.0940. The standard InChI is InChI=1S/C18H16IN3O/c1-13-10-16(19)6-7-17(13)21-18(23)15-4-2-14(3-5-15)11-22-9-8-20-12-22/h2-10,12H,11H2,1H3,(H,21,23). The van der Waals surface area contributed by atoms with Gasteiger partial charge in [0.05, 0.1) is 6.33 Å². The highest BCUT2D eigenvalue weighted by molar-refractivity contribution is 14.1. The topological polar surface area (TPSA) is 46.9 Å². The van der Waals surface area contributed by atoms with Crippen molar-refractivity contribution in [2.24, 2.45) is 0 Å². The molecule has 0 unspecified atom stereocenters. The van der Waals surface area contributed by atoms with Crippen molar-refractivity contribution in [3.8, 4) is 0 Å². The molecule has 0 radical (unpaired) electrons. The lowest BCUT2D eigenvalue weighted by atomic mass is 10.1. The van der Waals surface area contributed by atoms with Crippen molar-refractivity contribution in [1.29, 1.82) is 0 Å². The Hall–Kier alpha value is -2.15. The predicted molar refractivity (Wildman–Crippen MR) is 99.6 cm³/mol. The Bertz CT molecular complexity index is 811. The second-order valence-corrected chi connectivity index (χ2v) is 6.59. The molecule has 3 aromatic rings. The maximum atomic E-state index is 12.4. The largest absolute Gasteiger partial charge is 0.333 e. The Balaban J connectivity index is 1.70. The number of aromatic nitrogens is 2. The Kier molecular flexibility index (Phi) is 4.76. The molecule has 0 aliphatic carbocycles. The summed E-state index contributed by atoms with van der Waals surface area (Å²) in [5, 5.41) is 2.96. The van der Waals surface area contributed by atoms with Gasteiger partial charge in [0.25, 0.3) is 5.91 Å². The summed E-state index contributed by atoms with van der Waals surface area (Å²) in [5.41, 5.74) is 3.68. The van der Waals surface area contributed by atoms with Crippen LogP contribution in [0.4, 0.5) is 5.69 Å². The number of carbonyl (C=O) groups is 1. The molecule has 3 rings (SSSR count). The van der Waals surface area contributed by atoms with Crippen LogP contribution in [0.5, 0.6) is 0 Å². The van der Waals surface area contributed by atoms with Crippen molar-refractivity contribution in [1.82, 2.24) is 9.55 Å². The lowest BCUT2D eigenvalue weighted by Crippen LogP contribution is -2.13. The molecule has 0 saturated heterocycles. The van der Waals surface area contributed by atoms with Crippen molar-refractivity contribution in [2.45, 2.75) is 13.5 Å². The van der Waals surface area contributed by atoms with Gasteiger partial charge in [-0.3, -0.25) is 4.79 Å². The van der Waals surface area contributed by atoms with Crippen LogP contribution in [0.25, 0.3) is 0 Å². The summed E-state index contributed by atoms with van der Waals surface area (Å²) in [4.78, 5) is 16.4. The summed E-state index contributed by atoms with van der Waals surface area (Å²) in [6.07, 6.45) is 5.45. The molecular weight excluding hydrogens is 401 g/mol. The molecule has 0 bridgehead atoms. The van der Waals surface area contributed by atoms with Crippen LogP contribution >= 0.6 is 22.6 Å². The summed E-state index contributed by atoms with van der Waals surface area (Å²) >= 11 is 2.26. The van der Waals surface area contributed by atoms with Gasteiger partial charge in [0.2, 0.25) is 0 Å². The zero-order valence-electron chi connectivity index (χ0n) is 12.7. The number of nitrogens with one attached hydrogen (secondary N) is 1. The average molecular weight is 417 g/mol. The highest BCUT2D eigenvalue weighted by Gasteiger charge is 2.08. The van der Waals surface area contributed by atoms with Gasteiger partial charge in [-0.2, -0.15) is 0 Å². The third-order valence-electron chi connectivity index (χ3n) is 3.58. The summed E-state index contributed by atoms with van der Waals surface area (Å²) in [5.74, 6) is -0.0940. The van der Waals surface area contributed by atoms with Crippen molar-refractivity contribution >= 4 is 34.2 Å². The fourth-order valence-corrected chi connectivity index (χ4v) is 2.96. The molecule has 0 atom stereocenters. The number of hydrogen-bond donors (Lipinski definition) is 1. The van der Waals surface area contributed by atoms with E-state index in [1.807, 2.05) is 60.2 Å². The molecule has 2 aromatic carbocycles. The van der Waals surface area contributed by atoms with E-state index in [-0.39, 0.29) is 5.91 Å². The van der Waals surface area contributed by atoms with Crippen molar-refractivity contribution in [2.75, 3.05) is 5.32 Å². The Labute approximate surface area is 148 Å². The summed E-state index contributed by atoms with van der Waals surface area (Å²) in [6, 6.07) is 13.6. The van der Waals surface area contributed by atoms with E-state index in [1.165, 1.54) is 0 Å². The Morgan fingerprint density at radius 1 is 1.22 bits per heavy atom. The maximum Gasteiger partial charge on any atom is 0.255 e. The molecule has 116 valence electrons.